The number of para-hydroxylation sites is 1. The van der Waals surface area contributed by atoms with E-state index in [2.05, 4.69) is 0 Å². The highest BCUT2D eigenvalue weighted by molar-refractivity contribution is 7.92. The number of aryl methyl sites for hydroxylation is 2. The van der Waals surface area contributed by atoms with Gasteiger partial charge in [-0.25, -0.2) is 22.0 Å². The number of fused-ring (bicyclic) bond motifs is 1. The summed E-state index contributed by atoms with van der Waals surface area (Å²) in [5.41, 5.74) is -0.0322. The summed E-state index contributed by atoms with van der Waals surface area (Å²) in [4.78, 5) is 11.3. The Balaban J connectivity index is 2.16. The first kappa shape index (κ1) is 16.2. The molecule has 0 unspecified atom stereocenters. The molecular formula is C15H12F2N2O4S. The van der Waals surface area contributed by atoms with E-state index < -0.39 is 33.1 Å². The predicted octanol–water partition coefficient (Wildman–Crippen LogP) is 2.52. The summed E-state index contributed by atoms with van der Waals surface area (Å²) in [6.07, 6.45) is 0. The Morgan fingerprint density at radius 3 is 2.42 bits per heavy atom. The molecule has 9 heteroatoms. The standard InChI is InChI=1S/C15H12F2N2O4S/c1-8-6-12-11(19(2)15(20)23-12)7-13(8)24(21,22)18-14-9(16)4-3-5-10(14)17/h3-7,18H,1-2H3. The van der Waals surface area contributed by atoms with Crippen molar-refractivity contribution in [3.05, 3.63) is 58.1 Å². The third-order valence-electron chi connectivity index (χ3n) is 3.58. The summed E-state index contributed by atoms with van der Waals surface area (Å²) in [6, 6.07) is 5.61. The van der Waals surface area contributed by atoms with Gasteiger partial charge in [-0.1, -0.05) is 6.07 Å². The van der Waals surface area contributed by atoms with Crippen LogP contribution >= 0.6 is 0 Å². The number of nitrogens with zero attached hydrogens (tertiary/aromatic N) is 1. The number of rotatable bonds is 3. The van der Waals surface area contributed by atoms with Gasteiger partial charge in [0, 0.05) is 7.05 Å². The Morgan fingerprint density at radius 2 is 1.79 bits per heavy atom. The van der Waals surface area contributed by atoms with E-state index in [-0.39, 0.29) is 21.6 Å². The molecule has 126 valence electrons. The Bertz CT molecular complexity index is 1100. The highest BCUT2D eigenvalue weighted by atomic mass is 32.2. The van der Waals surface area contributed by atoms with Crippen LogP contribution in [0.3, 0.4) is 0 Å². The normalized spacial score (nSPS) is 11.8. The summed E-state index contributed by atoms with van der Waals surface area (Å²) in [5, 5.41) is 0. The average Bonchev–Trinajstić information content (AvgIpc) is 2.76. The van der Waals surface area contributed by atoms with Crippen molar-refractivity contribution >= 4 is 26.8 Å². The second-order valence-corrected chi connectivity index (χ2v) is 6.87. The van der Waals surface area contributed by atoms with Crippen molar-refractivity contribution in [3.8, 4) is 0 Å². The highest BCUT2D eigenvalue weighted by Crippen LogP contribution is 2.26. The summed E-state index contributed by atoms with van der Waals surface area (Å²) in [7, 11) is -2.85. The summed E-state index contributed by atoms with van der Waals surface area (Å²) < 4.78 is 60.5. The van der Waals surface area contributed by atoms with E-state index in [1.54, 1.807) is 0 Å². The van der Waals surface area contributed by atoms with Crippen LogP contribution in [0.15, 0.2) is 44.4 Å². The van der Waals surface area contributed by atoms with Gasteiger partial charge in [-0.2, -0.15) is 0 Å². The lowest BCUT2D eigenvalue weighted by molar-refractivity contribution is 0.528. The maximum Gasteiger partial charge on any atom is 0.419 e. The molecule has 1 heterocycles. The van der Waals surface area contributed by atoms with Gasteiger partial charge in [-0.05, 0) is 36.8 Å². The number of sulfonamides is 1. The van der Waals surface area contributed by atoms with Crippen LogP contribution in [0.5, 0.6) is 0 Å². The van der Waals surface area contributed by atoms with Crippen LogP contribution in [0.25, 0.3) is 11.1 Å². The third kappa shape index (κ3) is 2.56. The van der Waals surface area contributed by atoms with Crippen molar-refractivity contribution in [1.29, 1.82) is 0 Å². The molecule has 2 aromatic carbocycles. The fraction of sp³-hybridized carbons (Fsp3) is 0.133. The second-order valence-electron chi connectivity index (χ2n) is 5.21. The molecule has 0 saturated heterocycles. The molecule has 0 saturated carbocycles. The van der Waals surface area contributed by atoms with Crippen LogP contribution in [0, 0.1) is 18.6 Å². The first-order valence-electron chi connectivity index (χ1n) is 6.78. The molecule has 3 aromatic rings. The predicted molar refractivity (Wildman–Crippen MR) is 83.4 cm³/mol. The molecule has 0 aliphatic heterocycles. The van der Waals surface area contributed by atoms with Crippen LogP contribution in [0.2, 0.25) is 0 Å². The van der Waals surface area contributed by atoms with Gasteiger partial charge in [0.25, 0.3) is 10.0 Å². The van der Waals surface area contributed by atoms with Crippen molar-refractivity contribution in [3.63, 3.8) is 0 Å². The molecule has 0 aliphatic carbocycles. The fourth-order valence-corrected chi connectivity index (χ4v) is 3.65. The first-order chi connectivity index (χ1) is 11.2. The number of anilines is 1. The minimum atomic E-state index is -4.28. The molecule has 6 nitrogen and oxygen atoms in total. The number of halogens is 2. The van der Waals surface area contributed by atoms with Gasteiger partial charge in [0.05, 0.1) is 10.4 Å². The first-order valence-corrected chi connectivity index (χ1v) is 8.26. The second kappa shape index (κ2) is 5.45. The molecule has 0 aliphatic rings. The lowest BCUT2D eigenvalue weighted by Gasteiger charge is -2.12. The lowest BCUT2D eigenvalue weighted by atomic mass is 10.2. The maximum absolute atomic E-state index is 13.7. The van der Waals surface area contributed by atoms with E-state index in [0.29, 0.717) is 0 Å². The summed E-state index contributed by atoms with van der Waals surface area (Å²) in [6.45, 7) is 1.48. The number of hydrogen-bond acceptors (Lipinski definition) is 4. The van der Waals surface area contributed by atoms with E-state index >= 15 is 0 Å². The van der Waals surface area contributed by atoms with Crippen LogP contribution in [-0.4, -0.2) is 13.0 Å². The van der Waals surface area contributed by atoms with E-state index in [1.165, 1.54) is 26.1 Å². The molecule has 3 rings (SSSR count). The van der Waals surface area contributed by atoms with Gasteiger partial charge in [0.1, 0.15) is 17.3 Å². The van der Waals surface area contributed by atoms with Gasteiger partial charge in [-0.3, -0.25) is 9.29 Å². The minimum Gasteiger partial charge on any atom is -0.408 e. The molecule has 0 spiro atoms. The molecule has 0 atom stereocenters. The number of aromatic nitrogens is 1. The molecule has 0 bridgehead atoms. The summed E-state index contributed by atoms with van der Waals surface area (Å²) in [5.74, 6) is -2.71. The number of benzene rings is 2. The molecule has 1 aromatic heterocycles. The van der Waals surface area contributed by atoms with E-state index in [4.69, 9.17) is 4.42 Å². The molecule has 1 N–H and O–H groups in total. The van der Waals surface area contributed by atoms with Crippen LogP contribution in [0.4, 0.5) is 14.5 Å². The number of nitrogens with one attached hydrogen (secondary N) is 1. The van der Waals surface area contributed by atoms with Crippen molar-refractivity contribution in [2.45, 2.75) is 11.8 Å². The zero-order valence-corrected chi connectivity index (χ0v) is 13.4. The number of oxazole rings is 1. The topological polar surface area (TPSA) is 81.3 Å². The monoisotopic (exact) mass is 354 g/mol. The molecule has 0 amide bonds. The van der Waals surface area contributed by atoms with Gasteiger partial charge < -0.3 is 4.42 Å². The van der Waals surface area contributed by atoms with E-state index in [1.807, 2.05) is 4.72 Å². The molecule has 0 fully saturated rings. The van der Waals surface area contributed by atoms with Gasteiger partial charge in [0.15, 0.2) is 5.58 Å². The summed E-state index contributed by atoms with van der Waals surface area (Å²) >= 11 is 0. The Labute approximate surface area is 135 Å². The van der Waals surface area contributed by atoms with Gasteiger partial charge in [0.2, 0.25) is 0 Å². The smallest absolute Gasteiger partial charge is 0.408 e. The van der Waals surface area contributed by atoms with E-state index in [0.717, 1.165) is 22.8 Å². The van der Waals surface area contributed by atoms with Crippen LogP contribution in [0.1, 0.15) is 5.56 Å². The van der Waals surface area contributed by atoms with Crippen molar-refractivity contribution < 1.29 is 21.6 Å². The van der Waals surface area contributed by atoms with Crippen LogP contribution in [-0.2, 0) is 17.1 Å². The van der Waals surface area contributed by atoms with E-state index in [9.17, 15) is 22.0 Å². The highest BCUT2D eigenvalue weighted by Gasteiger charge is 2.23. The van der Waals surface area contributed by atoms with Crippen molar-refractivity contribution in [2.24, 2.45) is 7.05 Å². The van der Waals surface area contributed by atoms with Gasteiger partial charge in [-0.15, -0.1) is 0 Å². The van der Waals surface area contributed by atoms with Crippen molar-refractivity contribution in [1.82, 2.24) is 4.57 Å². The quantitative estimate of drug-likeness (QED) is 0.784. The Morgan fingerprint density at radius 1 is 1.17 bits per heavy atom. The SMILES string of the molecule is Cc1cc2oc(=O)n(C)c2cc1S(=O)(=O)Nc1c(F)cccc1F. The molecular weight excluding hydrogens is 342 g/mol. The van der Waals surface area contributed by atoms with Crippen molar-refractivity contribution in [2.75, 3.05) is 4.72 Å². The number of hydrogen-bond donors (Lipinski definition) is 1. The molecule has 24 heavy (non-hydrogen) atoms. The van der Waals surface area contributed by atoms with Gasteiger partial charge >= 0.3 is 5.76 Å². The maximum atomic E-state index is 13.7. The average molecular weight is 354 g/mol. The fourth-order valence-electron chi connectivity index (χ4n) is 2.33. The lowest BCUT2D eigenvalue weighted by Crippen LogP contribution is -2.16. The third-order valence-corrected chi connectivity index (χ3v) is 5.07. The largest absolute Gasteiger partial charge is 0.419 e. The van der Waals surface area contributed by atoms with Crippen LogP contribution < -0.4 is 10.5 Å². The Kier molecular flexibility index (Phi) is 3.67. The zero-order chi connectivity index (χ0) is 17.6. The zero-order valence-electron chi connectivity index (χ0n) is 12.6. The Hall–Kier alpha value is -2.68. The minimum absolute atomic E-state index is 0.214. The molecule has 0 radical (unpaired) electrons.